The summed E-state index contributed by atoms with van der Waals surface area (Å²) in [5.74, 6) is -0.673. The van der Waals surface area contributed by atoms with Gasteiger partial charge in [0.2, 0.25) is 0 Å². The Morgan fingerprint density at radius 1 is 1.24 bits per heavy atom. The molecule has 2 amide bonds. The summed E-state index contributed by atoms with van der Waals surface area (Å²) in [5, 5.41) is 14.3. The fourth-order valence-electron chi connectivity index (χ4n) is 1.81. The molecule has 116 valence electrons. The van der Waals surface area contributed by atoms with Gasteiger partial charge < -0.3 is 20.5 Å². The largest absolute Gasteiger partial charge is 0.478 e. The second kappa shape index (κ2) is 8.97. The second-order valence-electron chi connectivity index (χ2n) is 4.95. The summed E-state index contributed by atoms with van der Waals surface area (Å²) in [6.45, 7) is 3.66. The molecule has 0 saturated carbocycles. The molecule has 0 saturated heterocycles. The lowest BCUT2D eigenvalue weighted by atomic mass is 10.1. The zero-order valence-corrected chi connectivity index (χ0v) is 12.4. The van der Waals surface area contributed by atoms with E-state index in [4.69, 9.17) is 9.84 Å². The van der Waals surface area contributed by atoms with Gasteiger partial charge in [-0.25, -0.2) is 9.59 Å². The Bertz CT molecular complexity index is 459. The van der Waals surface area contributed by atoms with Crippen LogP contribution in [0.15, 0.2) is 24.3 Å². The summed E-state index contributed by atoms with van der Waals surface area (Å²) < 4.78 is 4.99. The van der Waals surface area contributed by atoms with Crippen molar-refractivity contribution >= 4 is 12.0 Å². The van der Waals surface area contributed by atoms with Gasteiger partial charge >= 0.3 is 12.0 Å². The first-order chi connectivity index (χ1) is 10.0. The van der Waals surface area contributed by atoms with E-state index in [0.29, 0.717) is 26.1 Å². The van der Waals surface area contributed by atoms with Gasteiger partial charge in [-0.3, -0.25) is 0 Å². The fraction of sp³-hybridized carbons (Fsp3) is 0.467. The van der Waals surface area contributed by atoms with Gasteiger partial charge in [0.05, 0.1) is 12.2 Å². The zero-order chi connectivity index (χ0) is 15.7. The number of aromatic carboxylic acids is 1. The van der Waals surface area contributed by atoms with Crippen molar-refractivity contribution in [3.8, 4) is 0 Å². The van der Waals surface area contributed by atoms with Crippen LogP contribution >= 0.6 is 0 Å². The molecule has 3 N–H and O–H groups in total. The SMILES string of the molecule is COCC(C)CNC(=O)NCCc1ccc(C(=O)O)cc1. The first kappa shape index (κ1) is 17.0. The fourth-order valence-corrected chi connectivity index (χ4v) is 1.81. The number of benzene rings is 1. The molecule has 1 aromatic carbocycles. The van der Waals surface area contributed by atoms with Crippen LogP contribution in [0.25, 0.3) is 0 Å². The van der Waals surface area contributed by atoms with E-state index in [-0.39, 0.29) is 17.5 Å². The van der Waals surface area contributed by atoms with Crippen LogP contribution in [0.1, 0.15) is 22.8 Å². The van der Waals surface area contributed by atoms with Crippen LogP contribution in [0.5, 0.6) is 0 Å². The van der Waals surface area contributed by atoms with E-state index in [0.717, 1.165) is 5.56 Å². The molecule has 0 radical (unpaired) electrons. The van der Waals surface area contributed by atoms with Crippen molar-refractivity contribution in [3.63, 3.8) is 0 Å². The van der Waals surface area contributed by atoms with E-state index in [2.05, 4.69) is 10.6 Å². The Balaban J connectivity index is 2.23. The summed E-state index contributed by atoms with van der Waals surface area (Å²) in [6.07, 6.45) is 0.654. The second-order valence-corrected chi connectivity index (χ2v) is 4.95. The Hall–Kier alpha value is -2.08. The molecule has 0 bridgehead atoms. The summed E-state index contributed by atoms with van der Waals surface area (Å²) in [4.78, 5) is 22.3. The molecule has 0 aliphatic carbocycles. The normalized spacial score (nSPS) is 11.7. The van der Waals surface area contributed by atoms with Crippen LogP contribution in [0.4, 0.5) is 4.79 Å². The van der Waals surface area contributed by atoms with Crippen molar-refractivity contribution in [1.82, 2.24) is 10.6 Å². The molecule has 0 aliphatic rings. The predicted molar refractivity (Wildman–Crippen MR) is 79.5 cm³/mol. The molecule has 1 unspecified atom stereocenters. The number of carbonyl (C=O) groups is 2. The number of hydrogen-bond donors (Lipinski definition) is 3. The lowest BCUT2D eigenvalue weighted by molar-refractivity contribution is 0.0697. The van der Waals surface area contributed by atoms with Crippen molar-refractivity contribution in [3.05, 3.63) is 35.4 Å². The average Bonchev–Trinajstić information content (AvgIpc) is 2.46. The van der Waals surface area contributed by atoms with Crippen molar-refractivity contribution < 1.29 is 19.4 Å². The number of carbonyl (C=O) groups excluding carboxylic acids is 1. The minimum atomic E-state index is -0.941. The molecule has 0 fully saturated rings. The van der Waals surface area contributed by atoms with Crippen molar-refractivity contribution in [2.24, 2.45) is 5.92 Å². The highest BCUT2D eigenvalue weighted by Gasteiger charge is 2.05. The summed E-state index contributed by atoms with van der Waals surface area (Å²) >= 11 is 0. The Morgan fingerprint density at radius 3 is 2.48 bits per heavy atom. The number of urea groups is 1. The number of carboxylic acids is 1. The van der Waals surface area contributed by atoms with E-state index in [1.54, 1.807) is 31.4 Å². The third-order valence-corrected chi connectivity index (χ3v) is 2.96. The number of rotatable bonds is 8. The molecule has 6 heteroatoms. The highest BCUT2D eigenvalue weighted by molar-refractivity contribution is 5.87. The first-order valence-corrected chi connectivity index (χ1v) is 6.85. The van der Waals surface area contributed by atoms with Gasteiger partial charge in [-0.2, -0.15) is 0 Å². The molecule has 1 rings (SSSR count). The Morgan fingerprint density at radius 2 is 1.90 bits per heavy atom. The molecule has 6 nitrogen and oxygen atoms in total. The Kier molecular flexibility index (Phi) is 7.25. The first-order valence-electron chi connectivity index (χ1n) is 6.85. The molecule has 1 atom stereocenters. The maximum absolute atomic E-state index is 11.5. The lowest BCUT2D eigenvalue weighted by Crippen LogP contribution is -2.39. The van der Waals surface area contributed by atoms with E-state index in [1.165, 1.54) is 0 Å². The maximum atomic E-state index is 11.5. The van der Waals surface area contributed by atoms with E-state index >= 15 is 0 Å². The van der Waals surface area contributed by atoms with Crippen molar-refractivity contribution in [2.45, 2.75) is 13.3 Å². The minimum Gasteiger partial charge on any atom is -0.478 e. The number of ether oxygens (including phenoxy) is 1. The van der Waals surface area contributed by atoms with Crippen LogP contribution in [0.2, 0.25) is 0 Å². The van der Waals surface area contributed by atoms with Gasteiger partial charge in [0.25, 0.3) is 0 Å². The Labute approximate surface area is 124 Å². The van der Waals surface area contributed by atoms with Gasteiger partial charge in [-0.15, -0.1) is 0 Å². The van der Waals surface area contributed by atoms with Gasteiger partial charge in [-0.1, -0.05) is 19.1 Å². The van der Waals surface area contributed by atoms with Gasteiger partial charge in [0.15, 0.2) is 0 Å². The van der Waals surface area contributed by atoms with Gasteiger partial charge in [-0.05, 0) is 30.0 Å². The van der Waals surface area contributed by atoms with Crippen LogP contribution < -0.4 is 10.6 Å². The standard InChI is InChI=1S/C15H22N2O4/c1-11(10-21-2)9-17-15(20)16-8-7-12-3-5-13(6-4-12)14(18)19/h3-6,11H,7-10H2,1-2H3,(H,18,19)(H2,16,17,20). The quantitative estimate of drug-likeness (QED) is 0.678. The average molecular weight is 294 g/mol. The maximum Gasteiger partial charge on any atom is 0.335 e. The van der Waals surface area contributed by atoms with Gasteiger partial charge in [0, 0.05) is 20.2 Å². The molecular formula is C15H22N2O4. The monoisotopic (exact) mass is 294 g/mol. The highest BCUT2D eigenvalue weighted by atomic mass is 16.5. The molecular weight excluding hydrogens is 272 g/mol. The van der Waals surface area contributed by atoms with E-state index in [9.17, 15) is 9.59 Å². The van der Waals surface area contributed by atoms with Crippen LogP contribution in [-0.2, 0) is 11.2 Å². The van der Waals surface area contributed by atoms with E-state index < -0.39 is 5.97 Å². The van der Waals surface area contributed by atoms with Crippen molar-refractivity contribution in [1.29, 1.82) is 0 Å². The number of hydrogen-bond acceptors (Lipinski definition) is 3. The van der Waals surface area contributed by atoms with Gasteiger partial charge in [0.1, 0.15) is 0 Å². The summed E-state index contributed by atoms with van der Waals surface area (Å²) in [6, 6.07) is 6.42. The summed E-state index contributed by atoms with van der Waals surface area (Å²) in [5.41, 5.74) is 1.24. The molecule has 0 aliphatic heterocycles. The van der Waals surface area contributed by atoms with E-state index in [1.807, 2.05) is 6.92 Å². The molecule has 0 spiro atoms. The smallest absolute Gasteiger partial charge is 0.335 e. The number of methoxy groups -OCH3 is 1. The third kappa shape index (κ3) is 6.76. The predicted octanol–water partition coefficient (Wildman–Crippen LogP) is 1.51. The van der Waals surface area contributed by atoms with Crippen LogP contribution in [0, 0.1) is 5.92 Å². The molecule has 1 aromatic rings. The number of nitrogens with one attached hydrogen (secondary N) is 2. The lowest BCUT2D eigenvalue weighted by Gasteiger charge is -2.12. The minimum absolute atomic E-state index is 0.208. The topological polar surface area (TPSA) is 87.7 Å². The van der Waals surface area contributed by atoms with Crippen molar-refractivity contribution in [2.75, 3.05) is 26.8 Å². The number of carboxylic acid groups (broad SMARTS) is 1. The molecule has 0 heterocycles. The molecule has 21 heavy (non-hydrogen) atoms. The zero-order valence-electron chi connectivity index (χ0n) is 12.4. The molecule has 0 aromatic heterocycles. The summed E-state index contributed by atoms with van der Waals surface area (Å²) in [7, 11) is 1.63. The highest BCUT2D eigenvalue weighted by Crippen LogP contribution is 2.04. The number of amides is 2. The third-order valence-electron chi connectivity index (χ3n) is 2.96. The van der Waals surface area contributed by atoms with Crippen LogP contribution in [0.3, 0.4) is 0 Å². The van der Waals surface area contributed by atoms with Crippen LogP contribution in [-0.4, -0.2) is 43.9 Å².